The van der Waals surface area contributed by atoms with Crippen LogP contribution in [0, 0.1) is 34.5 Å². The number of phenols is 2. The van der Waals surface area contributed by atoms with Crippen molar-refractivity contribution in [2.24, 2.45) is 34.5 Å². The quantitative estimate of drug-likeness (QED) is 0.604. The van der Waals surface area contributed by atoms with Gasteiger partial charge in [0, 0.05) is 18.4 Å². The molecule has 0 aliphatic heterocycles. The Labute approximate surface area is 168 Å². The Kier molecular flexibility index (Phi) is 4.13. The van der Waals surface area contributed by atoms with Gasteiger partial charge in [-0.25, -0.2) is 0 Å². The molecule has 0 heterocycles. The van der Waals surface area contributed by atoms with Crippen molar-refractivity contribution in [1.82, 2.24) is 0 Å². The zero-order valence-corrected chi connectivity index (χ0v) is 17.3. The summed E-state index contributed by atoms with van der Waals surface area (Å²) >= 11 is 0. The van der Waals surface area contributed by atoms with Crippen LogP contribution in [0.3, 0.4) is 0 Å². The number of hydrogen-bond donors (Lipinski definition) is 2. The van der Waals surface area contributed by atoms with Gasteiger partial charge in [-0.2, -0.15) is 0 Å². The summed E-state index contributed by atoms with van der Waals surface area (Å²) in [7, 11) is 0. The predicted molar refractivity (Wildman–Crippen MR) is 109 cm³/mol. The van der Waals surface area contributed by atoms with Gasteiger partial charge in [-0.1, -0.05) is 26.0 Å². The summed E-state index contributed by atoms with van der Waals surface area (Å²) in [5.74, 6) is 3.76. The van der Waals surface area contributed by atoms with Crippen molar-refractivity contribution in [3.63, 3.8) is 0 Å². The van der Waals surface area contributed by atoms with Crippen LogP contribution in [0.5, 0.6) is 11.5 Å². The number of aromatic hydroxyl groups is 2. The largest absolute Gasteiger partial charge is 0.504 e. The number of benzene rings is 1. The van der Waals surface area contributed by atoms with E-state index in [1.165, 1.54) is 32.1 Å². The normalized spacial score (nSPS) is 45.2. The van der Waals surface area contributed by atoms with Gasteiger partial charge in [0.25, 0.3) is 0 Å². The van der Waals surface area contributed by atoms with Gasteiger partial charge in [-0.15, -0.1) is 0 Å². The van der Waals surface area contributed by atoms with Gasteiger partial charge in [-0.05, 0) is 91.4 Å². The number of Topliss-reactive ketones (excluding diaryl/α,β-unsaturated/α-hetero) is 1. The molecule has 0 radical (unpaired) electrons. The molecule has 0 unspecified atom stereocenters. The second-order valence-corrected chi connectivity index (χ2v) is 10.8. The van der Waals surface area contributed by atoms with E-state index in [-0.39, 0.29) is 16.9 Å². The second-order valence-electron chi connectivity index (χ2n) is 10.8. The van der Waals surface area contributed by atoms with Gasteiger partial charge in [0.05, 0.1) is 0 Å². The fourth-order valence-corrected chi connectivity index (χ4v) is 8.39. The van der Waals surface area contributed by atoms with Gasteiger partial charge in [0.15, 0.2) is 11.5 Å². The molecule has 28 heavy (non-hydrogen) atoms. The fraction of sp³-hybridized carbons (Fsp3) is 0.720. The topological polar surface area (TPSA) is 57.5 Å². The standard InChI is InChI=1S/C25H34O3/c1-24-12-10-16(26)14-15(24)6-7-17-19-8-9-20(25(19,2)13-11-21(17)24)18-4-3-5-22(27)23(18)28/h3-5,15,17,19-21,27-28H,6-14H2,1-2H3/t15-,17-,19-,20-,21-,24-,25-/m0/s1. The molecule has 0 amide bonds. The SMILES string of the molecule is C[C@]12CCC(=O)C[C@@H]1CC[C@@H]1[C@@H]2CC[C@]2(C)[C@H](c3cccc(O)c3O)CC[C@@H]12. The summed E-state index contributed by atoms with van der Waals surface area (Å²) in [5, 5.41) is 20.6. The first-order chi connectivity index (χ1) is 13.3. The molecule has 1 aromatic rings. The highest BCUT2D eigenvalue weighted by Crippen LogP contribution is 2.69. The van der Waals surface area contributed by atoms with Crippen LogP contribution in [0.4, 0.5) is 0 Å². The molecule has 5 rings (SSSR count). The number of carbonyl (C=O) groups excluding carboxylic acids is 1. The molecule has 0 bridgehead atoms. The number of carbonyl (C=O) groups is 1. The monoisotopic (exact) mass is 382 g/mol. The smallest absolute Gasteiger partial charge is 0.160 e. The van der Waals surface area contributed by atoms with Crippen LogP contribution >= 0.6 is 0 Å². The van der Waals surface area contributed by atoms with Crippen LogP contribution in [0.2, 0.25) is 0 Å². The maximum Gasteiger partial charge on any atom is 0.160 e. The third-order valence-electron chi connectivity index (χ3n) is 9.90. The average molecular weight is 383 g/mol. The lowest BCUT2D eigenvalue weighted by Crippen LogP contribution is -2.53. The Balaban J connectivity index is 1.46. The summed E-state index contributed by atoms with van der Waals surface area (Å²) < 4.78 is 0. The first-order valence-corrected chi connectivity index (χ1v) is 11.4. The zero-order valence-electron chi connectivity index (χ0n) is 17.3. The van der Waals surface area contributed by atoms with E-state index in [9.17, 15) is 15.0 Å². The van der Waals surface area contributed by atoms with E-state index in [0.717, 1.165) is 43.1 Å². The average Bonchev–Trinajstić information content (AvgIpc) is 3.02. The number of para-hydroxylation sites is 1. The van der Waals surface area contributed by atoms with Gasteiger partial charge in [0.1, 0.15) is 5.78 Å². The van der Waals surface area contributed by atoms with Crippen molar-refractivity contribution >= 4 is 5.78 Å². The molecule has 1 aromatic carbocycles. The van der Waals surface area contributed by atoms with E-state index in [0.29, 0.717) is 29.0 Å². The maximum atomic E-state index is 12.1. The minimum absolute atomic E-state index is 0.0122. The highest BCUT2D eigenvalue weighted by atomic mass is 16.3. The summed E-state index contributed by atoms with van der Waals surface area (Å²) in [6.45, 7) is 4.95. The van der Waals surface area contributed by atoms with E-state index in [2.05, 4.69) is 13.8 Å². The van der Waals surface area contributed by atoms with E-state index >= 15 is 0 Å². The Morgan fingerprint density at radius 1 is 0.929 bits per heavy atom. The molecule has 4 fully saturated rings. The number of rotatable bonds is 1. The number of phenolic OH excluding ortho intramolecular Hbond substituents is 2. The van der Waals surface area contributed by atoms with Crippen LogP contribution in [-0.2, 0) is 4.79 Å². The van der Waals surface area contributed by atoms with Crippen LogP contribution in [0.15, 0.2) is 18.2 Å². The van der Waals surface area contributed by atoms with Crippen molar-refractivity contribution in [1.29, 1.82) is 0 Å². The number of hydrogen-bond acceptors (Lipinski definition) is 3. The first-order valence-electron chi connectivity index (χ1n) is 11.4. The van der Waals surface area contributed by atoms with Crippen LogP contribution < -0.4 is 0 Å². The third-order valence-corrected chi connectivity index (χ3v) is 9.90. The molecular formula is C25H34O3. The third kappa shape index (κ3) is 2.44. The van der Waals surface area contributed by atoms with Gasteiger partial charge < -0.3 is 10.2 Å². The maximum absolute atomic E-state index is 12.1. The highest BCUT2D eigenvalue weighted by Gasteiger charge is 2.60. The summed E-state index contributed by atoms with van der Waals surface area (Å²) in [5.41, 5.74) is 1.51. The first kappa shape index (κ1) is 18.5. The van der Waals surface area contributed by atoms with Crippen molar-refractivity contribution in [2.75, 3.05) is 0 Å². The number of fused-ring (bicyclic) bond motifs is 5. The van der Waals surface area contributed by atoms with Gasteiger partial charge >= 0.3 is 0 Å². The summed E-state index contributed by atoms with van der Waals surface area (Å²) in [4.78, 5) is 12.1. The second kappa shape index (κ2) is 6.24. The molecular weight excluding hydrogens is 348 g/mol. The lowest BCUT2D eigenvalue weighted by molar-refractivity contribution is -0.138. The molecule has 3 heteroatoms. The lowest BCUT2D eigenvalue weighted by Gasteiger charge is -2.60. The lowest BCUT2D eigenvalue weighted by atomic mass is 9.44. The Hall–Kier alpha value is -1.51. The van der Waals surface area contributed by atoms with E-state index in [1.807, 2.05) is 12.1 Å². The zero-order chi connectivity index (χ0) is 19.7. The van der Waals surface area contributed by atoms with Crippen molar-refractivity contribution < 1.29 is 15.0 Å². The van der Waals surface area contributed by atoms with Crippen LogP contribution in [0.1, 0.15) is 83.1 Å². The molecule has 0 spiro atoms. The Morgan fingerprint density at radius 3 is 2.54 bits per heavy atom. The Morgan fingerprint density at radius 2 is 1.71 bits per heavy atom. The molecule has 7 atom stereocenters. The van der Waals surface area contributed by atoms with E-state index in [1.54, 1.807) is 6.07 Å². The van der Waals surface area contributed by atoms with Crippen LogP contribution in [0.25, 0.3) is 0 Å². The molecule has 0 aromatic heterocycles. The van der Waals surface area contributed by atoms with Crippen molar-refractivity contribution in [2.45, 2.75) is 77.6 Å². The molecule has 3 nitrogen and oxygen atoms in total. The molecule has 0 saturated heterocycles. The van der Waals surface area contributed by atoms with Gasteiger partial charge in [0.2, 0.25) is 0 Å². The van der Waals surface area contributed by atoms with Gasteiger partial charge in [-0.3, -0.25) is 4.79 Å². The highest BCUT2D eigenvalue weighted by molar-refractivity contribution is 5.79. The van der Waals surface area contributed by atoms with E-state index in [4.69, 9.17) is 0 Å². The summed E-state index contributed by atoms with van der Waals surface area (Å²) in [6.07, 6.45) is 10.0. The predicted octanol–water partition coefficient (Wildman–Crippen LogP) is 5.79. The molecule has 4 aliphatic carbocycles. The van der Waals surface area contributed by atoms with E-state index < -0.39 is 0 Å². The fourth-order valence-electron chi connectivity index (χ4n) is 8.39. The minimum atomic E-state index is 0.0122. The van der Waals surface area contributed by atoms with Crippen molar-refractivity contribution in [3.05, 3.63) is 23.8 Å². The molecule has 4 saturated carbocycles. The molecule has 4 aliphatic rings. The van der Waals surface area contributed by atoms with Crippen LogP contribution in [-0.4, -0.2) is 16.0 Å². The Bertz CT molecular complexity index is 801. The minimum Gasteiger partial charge on any atom is -0.504 e. The summed E-state index contributed by atoms with van der Waals surface area (Å²) in [6, 6.07) is 5.47. The molecule has 152 valence electrons. The number of ketones is 1. The molecule has 2 N–H and O–H groups in total. The van der Waals surface area contributed by atoms with Crippen molar-refractivity contribution in [3.8, 4) is 11.5 Å².